The van der Waals surface area contributed by atoms with Crippen molar-refractivity contribution in [2.75, 3.05) is 0 Å². The zero-order valence-corrected chi connectivity index (χ0v) is 9.20. The molecule has 2 nitrogen and oxygen atoms in total. The molecule has 1 N–H and O–H groups in total. The minimum atomic E-state index is -0.585. The summed E-state index contributed by atoms with van der Waals surface area (Å²) in [5.41, 5.74) is 0. The molecular weight excluding hydrogens is 188 g/mol. The lowest BCUT2D eigenvalue weighted by molar-refractivity contribution is 0.155. The second-order valence-electron chi connectivity index (χ2n) is 3.55. The van der Waals surface area contributed by atoms with Crippen molar-refractivity contribution in [2.45, 2.75) is 45.1 Å². The molecule has 2 heteroatoms. The van der Waals surface area contributed by atoms with Crippen LogP contribution >= 0.6 is 0 Å². The number of unbranched alkanes of at least 4 members (excludes halogenated alkanes) is 3. The van der Waals surface area contributed by atoms with Crippen molar-refractivity contribution < 1.29 is 9.52 Å². The third-order valence-corrected chi connectivity index (χ3v) is 2.20. The van der Waals surface area contributed by atoms with Crippen LogP contribution in [0.3, 0.4) is 0 Å². The van der Waals surface area contributed by atoms with Gasteiger partial charge in [-0.15, -0.1) is 11.8 Å². The molecule has 0 aliphatic carbocycles. The first-order chi connectivity index (χ1) is 7.34. The molecule has 15 heavy (non-hydrogen) atoms. The molecule has 1 unspecified atom stereocenters. The second kappa shape index (κ2) is 7.14. The summed E-state index contributed by atoms with van der Waals surface area (Å²) in [6.07, 6.45) is 5.97. The standard InChI is InChI=1S/C13H18O2/c1-2-3-4-5-6-7-9-12(14)13-10-8-11-15-13/h8,10-12,14H,2-5,9H2,1H3. The minimum absolute atomic E-state index is 0.458. The van der Waals surface area contributed by atoms with Crippen molar-refractivity contribution in [1.82, 2.24) is 0 Å². The molecule has 0 bridgehead atoms. The average Bonchev–Trinajstić information content (AvgIpc) is 2.76. The third kappa shape index (κ3) is 4.71. The lowest BCUT2D eigenvalue weighted by Crippen LogP contribution is -1.92. The van der Waals surface area contributed by atoms with E-state index in [1.54, 1.807) is 18.4 Å². The van der Waals surface area contributed by atoms with Gasteiger partial charge in [-0.1, -0.05) is 19.8 Å². The maximum Gasteiger partial charge on any atom is 0.133 e. The van der Waals surface area contributed by atoms with Crippen LogP contribution in [0.25, 0.3) is 0 Å². The monoisotopic (exact) mass is 206 g/mol. The molecule has 0 aliphatic rings. The highest BCUT2D eigenvalue weighted by atomic mass is 16.4. The Labute approximate surface area is 91.3 Å². The molecule has 1 rings (SSSR count). The molecule has 1 aromatic heterocycles. The Morgan fingerprint density at radius 2 is 2.27 bits per heavy atom. The molecule has 82 valence electrons. The summed E-state index contributed by atoms with van der Waals surface area (Å²) in [6, 6.07) is 3.54. The van der Waals surface area contributed by atoms with Crippen LogP contribution in [-0.2, 0) is 0 Å². The van der Waals surface area contributed by atoms with Crippen LogP contribution in [0.15, 0.2) is 22.8 Å². The van der Waals surface area contributed by atoms with Gasteiger partial charge in [0, 0.05) is 12.8 Å². The predicted octanol–water partition coefficient (Wildman–Crippen LogP) is 3.29. The van der Waals surface area contributed by atoms with Gasteiger partial charge < -0.3 is 9.52 Å². The summed E-state index contributed by atoms with van der Waals surface area (Å²) in [7, 11) is 0. The van der Waals surface area contributed by atoms with Crippen LogP contribution in [0.4, 0.5) is 0 Å². The van der Waals surface area contributed by atoms with E-state index in [0.717, 1.165) is 12.8 Å². The van der Waals surface area contributed by atoms with Gasteiger partial charge in [-0.05, 0) is 18.6 Å². The molecule has 1 atom stereocenters. The number of furan rings is 1. The Hall–Kier alpha value is -1.20. The van der Waals surface area contributed by atoms with E-state index in [9.17, 15) is 5.11 Å². The number of hydrogen-bond donors (Lipinski definition) is 1. The van der Waals surface area contributed by atoms with Gasteiger partial charge in [-0.3, -0.25) is 0 Å². The number of hydrogen-bond acceptors (Lipinski definition) is 2. The largest absolute Gasteiger partial charge is 0.467 e. The van der Waals surface area contributed by atoms with Crippen LogP contribution < -0.4 is 0 Å². The number of aliphatic hydroxyl groups excluding tert-OH is 1. The van der Waals surface area contributed by atoms with Crippen LogP contribution in [0.1, 0.15) is 50.9 Å². The van der Waals surface area contributed by atoms with Gasteiger partial charge in [0.15, 0.2) is 0 Å². The van der Waals surface area contributed by atoms with Gasteiger partial charge in [-0.25, -0.2) is 0 Å². The summed E-state index contributed by atoms with van der Waals surface area (Å²) < 4.78 is 5.07. The first-order valence-electron chi connectivity index (χ1n) is 5.51. The van der Waals surface area contributed by atoms with Crippen LogP contribution in [0.2, 0.25) is 0 Å². The summed E-state index contributed by atoms with van der Waals surface area (Å²) in [5.74, 6) is 6.63. The molecular formula is C13H18O2. The van der Waals surface area contributed by atoms with Crippen LogP contribution in [-0.4, -0.2) is 5.11 Å². The van der Waals surface area contributed by atoms with Gasteiger partial charge in [0.05, 0.1) is 6.26 Å². The van der Waals surface area contributed by atoms with Crippen molar-refractivity contribution in [1.29, 1.82) is 0 Å². The Morgan fingerprint density at radius 3 is 2.93 bits per heavy atom. The van der Waals surface area contributed by atoms with Gasteiger partial charge in [-0.2, -0.15) is 0 Å². The smallest absolute Gasteiger partial charge is 0.133 e. The fourth-order valence-electron chi connectivity index (χ4n) is 1.30. The van der Waals surface area contributed by atoms with E-state index in [2.05, 4.69) is 18.8 Å². The van der Waals surface area contributed by atoms with Crippen LogP contribution in [0, 0.1) is 11.8 Å². The van der Waals surface area contributed by atoms with Gasteiger partial charge in [0.2, 0.25) is 0 Å². The van der Waals surface area contributed by atoms with Gasteiger partial charge in [0.1, 0.15) is 11.9 Å². The third-order valence-electron chi connectivity index (χ3n) is 2.20. The van der Waals surface area contributed by atoms with Crippen molar-refractivity contribution in [2.24, 2.45) is 0 Å². The summed E-state index contributed by atoms with van der Waals surface area (Å²) in [4.78, 5) is 0. The van der Waals surface area contributed by atoms with Crippen LogP contribution in [0.5, 0.6) is 0 Å². The van der Waals surface area contributed by atoms with E-state index in [1.807, 2.05) is 0 Å². The van der Waals surface area contributed by atoms with E-state index in [4.69, 9.17) is 4.42 Å². The minimum Gasteiger partial charge on any atom is -0.467 e. The molecule has 0 saturated carbocycles. The second-order valence-corrected chi connectivity index (χ2v) is 3.55. The predicted molar refractivity (Wildman–Crippen MR) is 60.2 cm³/mol. The van der Waals surface area contributed by atoms with E-state index in [1.165, 1.54) is 12.8 Å². The molecule has 1 aromatic rings. The normalized spacial score (nSPS) is 11.9. The summed E-state index contributed by atoms with van der Waals surface area (Å²) >= 11 is 0. The maximum atomic E-state index is 9.62. The zero-order chi connectivity index (χ0) is 10.9. The van der Waals surface area contributed by atoms with Crippen molar-refractivity contribution in [3.8, 4) is 11.8 Å². The number of aliphatic hydroxyl groups is 1. The lowest BCUT2D eigenvalue weighted by atomic mass is 10.2. The van der Waals surface area contributed by atoms with E-state index in [0.29, 0.717) is 12.2 Å². The lowest BCUT2D eigenvalue weighted by Gasteiger charge is -2.00. The highest BCUT2D eigenvalue weighted by Crippen LogP contribution is 2.15. The first kappa shape index (κ1) is 11.9. The fourth-order valence-corrected chi connectivity index (χ4v) is 1.30. The van der Waals surface area contributed by atoms with E-state index >= 15 is 0 Å². The molecule has 1 heterocycles. The van der Waals surface area contributed by atoms with Crippen molar-refractivity contribution in [3.63, 3.8) is 0 Å². The SMILES string of the molecule is CCCCCC#CCC(O)c1ccco1. The number of rotatable bonds is 5. The molecule has 0 aromatic carbocycles. The molecule has 0 radical (unpaired) electrons. The summed E-state index contributed by atoms with van der Waals surface area (Å²) in [6.45, 7) is 2.17. The molecule has 0 amide bonds. The Bertz CT molecular complexity index is 303. The highest BCUT2D eigenvalue weighted by Gasteiger charge is 2.07. The zero-order valence-electron chi connectivity index (χ0n) is 9.20. The molecule has 0 saturated heterocycles. The fraction of sp³-hybridized carbons (Fsp3) is 0.538. The Kier molecular flexibility index (Phi) is 5.65. The summed E-state index contributed by atoms with van der Waals surface area (Å²) in [5, 5.41) is 9.62. The van der Waals surface area contributed by atoms with Gasteiger partial charge in [0.25, 0.3) is 0 Å². The molecule has 0 spiro atoms. The van der Waals surface area contributed by atoms with E-state index < -0.39 is 6.10 Å². The van der Waals surface area contributed by atoms with E-state index in [-0.39, 0.29) is 0 Å². The topological polar surface area (TPSA) is 33.4 Å². The highest BCUT2D eigenvalue weighted by molar-refractivity contribution is 5.07. The first-order valence-corrected chi connectivity index (χ1v) is 5.51. The Morgan fingerprint density at radius 1 is 1.40 bits per heavy atom. The average molecular weight is 206 g/mol. The Balaban J connectivity index is 2.19. The molecule has 0 aliphatic heterocycles. The van der Waals surface area contributed by atoms with Crippen molar-refractivity contribution >= 4 is 0 Å². The maximum absolute atomic E-state index is 9.62. The molecule has 0 fully saturated rings. The van der Waals surface area contributed by atoms with Gasteiger partial charge >= 0.3 is 0 Å². The quantitative estimate of drug-likeness (QED) is 0.592. The van der Waals surface area contributed by atoms with Crippen molar-refractivity contribution in [3.05, 3.63) is 24.2 Å².